The zero-order chi connectivity index (χ0) is 21.5. The average molecular weight is 418 g/mol. The summed E-state index contributed by atoms with van der Waals surface area (Å²) in [6.45, 7) is 2.83. The van der Waals surface area contributed by atoms with Gasteiger partial charge in [-0.1, -0.05) is 48.5 Å². The summed E-state index contributed by atoms with van der Waals surface area (Å²) in [4.78, 5) is 22.6. The van der Waals surface area contributed by atoms with E-state index in [4.69, 9.17) is 9.72 Å². The van der Waals surface area contributed by atoms with Crippen molar-refractivity contribution in [1.82, 2.24) is 24.6 Å². The standard InChI is InChI=1S/C24H27N5O2/c1-31-16-15-28(14-8-11-19-9-4-2-5-10-19)18-22-26-23-21(24(30)27-22)17-25-29(23)20-12-6-3-7-13-20/h2-7,9-10,12-13,17H,8,11,14-16,18H2,1H3,(H,26,27,30). The van der Waals surface area contributed by atoms with Gasteiger partial charge in [-0.25, -0.2) is 9.67 Å². The summed E-state index contributed by atoms with van der Waals surface area (Å²) < 4.78 is 7.00. The average Bonchev–Trinajstić information content (AvgIpc) is 3.23. The van der Waals surface area contributed by atoms with Gasteiger partial charge >= 0.3 is 0 Å². The summed E-state index contributed by atoms with van der Waals surface area (Å²) in [5, 5.41) is 4.87. The van der Waals surface area contributed by atoms with Gasteiger partial charge in [-0.05, 0) is 37.1 Å². The van der Waals surface area contributed by atoms with Crippen molar-refractivity contribution in [2.45, 2.75) is 19.4 Å². The number of rotatable bonds is 10. The van der Waals surface area contributed by atoms with E-state index in [1.165, 1.54) is 5.56 Å². The second-order valence-corrected chi connectivity index (χ2v) is 7.50. The highest BCUT2D eigenvalue weighted by Gasteiger charge is 2.14. The lowest BCUT2D eigenvalue weighted by atomic mass is 10.1. The van der Waals surface area contributed by atoms with E-state index in [0.717, 1.165) is 31.6 Å². The highest BCUT2D eigenvalue weighted by atomic mass is 16.5. The molecule has 0 aliphatic carbocycles. The van der Waals surface area contributed by atoms with Crippen LogP contribution in [0, 0.1) is 0 Å². The molecule has 7 nitrogen and oxygen atoms in total. The molecule has 0 bridgehead atoms. The number of benzene rings is 2. The summed E-state index contributed by atoms with van der Waals surface area (Å²) in [5.74, 6) is 0.631. The van der Waals surface area contributed by atoms with Crippen LogP contribution in [0.2, 0.25) is 0 Å². The fourth-order valence-electron chi connectivity index (χ4n) is 3.65. The SMILES string of the molecule is COCCN(CCCc1ccccc1)Cc1nc2c(cnn2-c2ccccc2)c(=O)[nH]1. The molecule has 7 heteroatoms. The Bertz CT molecular complexity index is 1160. The Morgan fingerprint density at radius 2 is 1.77 bits per heavy atom. The van der Waals surface area contributed by atoms with E-state index >= 15 is 0 Å². The fraction of sp³-hybridized carbons (Fsp3) is 0.292. The molecular weight excluding hydrogens is 390 g/mol. The maximum atomic E-state index is 12.6. The smallest absolute Gasteiger partial charge is 0.262 e. The van der Waals surface area contributed by atoms with Crippen molar-refractivity contribution in [2.24, 2.45) is 0 Å². The minimum absolute atomic E-state index is 0.168. The maximum Gasteiger partial charge on any atom is 0.262 e. The third-order valence-electron chi connectivity index (χ3n) is 5.26. The molecule has 0 fully saturated rings. The Labute approximate surface area is 181 Å². The molecule has 0 atom stereocenters. The summed E-state index contributed by atoms with van der Waals surface area (Å²) in [7, 11) is 1.70. The molecule has 0 aliphatic heterocycles. The number of aromatic nitrogens is 4. The number of hydrogen-bond acceptors (Lipinski definition) is 5. The number of H-pyrrole nitrogens is 1. The molecule has 0 amide bonds. The van der Waals surface area contributed by atoms with Crippen molar-refractivity contribution in [3.05, 3.63) is 88.6 Å². The van der Waals surface area contributed by atoms with Gasteiger partial charge in [0.1, 0.15) is 11.2 Å². The minimum Gasteiger partial charge on any atom is -0.383 e. The molecule has 2 aromatic heterocycles. The van der Waals surface area contributed by atoms with Crippen molar-refractivity contribution in [1.29, 1.82) is 0 Å². The number of methoxy groups -OCH3 is 1. The highest BCUT2D eigenvalue weighted by molar-refractivity contribution is 5.75. The molecule has 4 rings (SSSR count). The fourth-order valence-corrected chi connectivity index (χ4v) is 3.65. The topological polar surface area (TPSA) is 76.0 Å². The van der Waals surface area contributed by atoms with E-state index in [2.05, 4.69) is 39.2 Å². The van der Waals surface area contributed by atoms with Crippen molar-refractivity contribution in [3.8, 4) is 5.69 Å². The van der Waals surface area contributed by atoms with Crippen LogP contribution in [-0.4, -0.2) is 51.5 Å². The summed E-state index contributed by atoms with van der Waals surface area (Å²) in [5.41, 5.74) is 2.61. The zero-order valence-electron chi connectivity index (χ0n) is 17.7. The van der Waals surface area contributed by atoms with Crippen molar-refractivity contribution in [2.75, 3.05) is 26.8 Å². The van der Waals surface area contributed by atoms with Gasteiger partial charge in [-0.2, -0.15) is 5.10 Å². The molecule has 0 saturated carbocycles. The van der Waals surface area contributed by atoms with Crippen LogP contribution >= 0.6 is 0 Å². The van der Waals surface area contributed by atoms with Crippen LogP contribution in [0.25, 0.3) is 16.7 Å². The highest BCUT2D eigenvalue weighted by Crippen LogP contribution is 2.14. The quantitative estimate of drug-likeness (QED) is 0.429. The van der Waals surface area contributed by atoms with E-state index in [0.29, 0.717) is 30.0 Å². The van der Waals surface area contributed by atoms with Crippen molar-refractivity contribution in [3.63, 3.8) is 0 Å². The number of aromatic amines is 1. The first-order chi connectivity index (χ1) is 15.2. The monoisotopic (exact) mass is 417 g/mol. The number of ether oxygens (including phenoxy) is 1. The summed E-state index contributed by atoms with van der Waals surface area (Å²) in [6, 6.07) is 20.2. The number of hydrogen-bond donors (Lipinski definition) is 1. The van der Waals surface area contributed by atoms with Gasteiger partial charge in [0.25, 0.3) is 5.56 Å². The van der Waals surface area contributed by atoms with Gasteiger partial charge in [-0.3, -0.25) is 9.69 Å². The Hall–Kier alpha value is -3.29. The van der Waals surface area contributed by atoms with Gasteiger partial charge < -0.3 is 9.72 Å². The molecule has 31 heavy (non-hydrogen) atoms. The van der Waals surface area contributed by atoms with Crippen molar-refractivity contribution < 1.29 is 4.74 Å². The molecule has 0 saturated heterocycles. The van der Waals surface area contributed by atoms with Crippen LogP contribution in [0.1, 0.15) is 17.8 Å². The van der Waals surface area contributed by atoms with Crippen LogP contribution in [-0.2, 0) is 17.7 Å². The summed E-state index contributed by atoms with van der Waals surface area (Å²) in [6.07, 6.45) is 3.59. The lowest BCUT2D eigenvalue weighted by molar-refractivity contribution is 0.141. The molecule has 0 spiro atoms. The molecule has 4 aromatic rings. The molecule has 0 unspecified atom stereocenters. The van der Waals surface area contributed by atoms with E-state index in [-0.39, 0.29) is 5.56 Å². The van der Waals surface area contributed by atoms with Crippen LogP contribution in [0.5, 0.6) is 0 Å². The lowest BCUT2D eigenvalue weighted by Gasteiger charge is -2.21. The minimum atomic E-state index is -0.168. The largest absolute Gasteiger partial charge is 0.383 e. The first-order valence-electron chi connectivity index (χ1n) is 10.5. The first kappa shape index (κ1) is 21.0. The number of fused-ring (bicyclic) bond motifs is 1. The Balaban J connectivity index is 1.53. The molecular formula is C24H27N5O2. The first-order valence-corrected chi connectivity index (χ1v) is 10.5. The zero-order valence-corrected chi connectivity index (χ0v) is 17.7. The number of aryl methyl sites for hydroxylation is 1. The molecule has 1 N–H and O–H groups in total. The van der Waals surface area contributed by atoms with Crippen LogP contribution in [0.3, 0.4) is 0 Å². The molecule has 160 valence electrons. The molecule has 2 heterocycles. The predicted octanol–water partition coefficient (Wildman–Crippen LogP) is 3.19. The van der Waals surface area contributed by atoms with Gasteiger partial charge in [0.15, 0.2) is 5.65 Å². The predicted molar refractivity (Wildman–Crippen MR) is 121 cm³/mol. The van der Waals surface area contributed by atoms with Crippen LogP contribution in [0.15, 0.2) is 71.7 Å². The van der Waals surface area contributed by atoms with E-state index in [9.17, 15) is 4.79 Å². The Morgan fingerprint density at radius 3 is 2.52 bits per heavy atom. The van der Waals surface area contributed by atoms with E-state index in [1.54, 1.807) is 18.0 Å². The third kappa shape index (κ3) is 5.25. The lowest BCUT2D eigenvalue weighted by Crippen LogP contribution is -2.30. The third-order valence-corrected chi connectivity index (χ3v) is 5.26. The Morgan fingerprint density at radius 1 is 1.03 bits per heavy atom. The van der Waals surface area contributed by atoms with Gasteiger partial charge in [-0.15, -0.1) is 0 Å². The van der Waals surface area contributed by atoms with Crippen LogP contribution in [0.4, 0.5) is 0 Å². The van der Waals surface area contributed by atoms with E-state index < -0.39 is 0 Å². The number of nitrogens with zero attached hydrogens (tertiary/aromatic N) is 4. The van der Waals surface area contributed by atoms with E-state index in [1.807, 2.05) is 36.4 Å². The van der Waals surface area contributed by atoms with Gasteiger partial charge in [0.2, 0.25) is 0 Å². The number of nitrogens with one attached hydrogen (secondary N) is 1. The molecule has 0 radical (unpaired) electrons. The normalized spacial score (nSPS) is 11.4. The van der Waals surface area contributed by atoms with Gasteiger partial charge in [0.05, 0.1) is 25.0 Å². The van der Waals surface area contributed by atoms with Crippen LogP contribution < -0.4 is 5.56 Å². The summed E-state index contributed by atoms with van der Waals surface area (Å²) >= 11 is 0. The molecule has 0 aliphatic rings. The molecule has 2 aromatic carbocycles. The maximum absolute atomic E-state index is 12.6. The van der Waals surface area contributed by atoms with Gasteiger partial charge in [0, 0.05) is 13.7 Å². The van der Waals surface area contributed by atoms with Crippen molar-refractivity contribution >= 4 is 11.0 Å². The second-order valence-electron chi connectivity index (χ2n) is 7.50. The number of para-hydroxylation sites is 1. The Kier molecular flexibility index (Phi) is 6.86. The second kappa shape index (κ2) is 10.1.